The van der Waals surface area contributed by atoms with Gasteiger partial charge in [0.1, 0.15) is 16.2 Å². The van der Waals surface area contributed by atoms with Gasteiger partial charge in [-0.2, -0.15) is 15.5 Å². The molecule has 7 nitrogen and oxygen atoms in total. The first-order valence-corrected chi connectivity index (χ1v) is 11.3. The molecule has 4 aromatic rings. The molecule has 1 saturated heterocycles. The predicted octanol–water partition coefficient (Wildman–Crippen LogP) is 4.50. The Kier molecular flexibility index (Phi) is 5.40. The van der Waals surface area contributed by atoms with Crippen molar-refractivity contribution in [1.29, 1.82) is 5.26 Å². The highest BCUT2D eigenvalue weighted by Gasteiger charge is 2.21. The van der Waals surface area contributed by atoms with Gasteiger partial charge in [-0.3, -0.25) is 4.68 Å². The van der Waals surface area contributed by atoms with E-state index in [1.807, 2.05) is 24.5 Å². The Morgan fingerprint density at radius 3 is 2.97 bits per heavy atom. The normalized spacial score (nSPS) is 16.5. The fourth-order valence-corrected chi connectivity index (χ4v) is 5.28. The second-order valence-electron chi connectivity index (χ2n) is 7.55. The summed E-state index contributed by atoms with van der Waals surface area (Å²) < 4.78 is 3.89. The summed E-state index contributed by atoms with van der Waals surface area (Å²) in [6.45, 7) is 4.11. The van der Waals surface area contributed by atoms with Crippen molar-refractivity contribution in [2.24, 2.45) is 0 Å². The van der Waals surface area contributed by atoms with E-state index in [4.69, 9.17) is 16.7 Å². The summed E-state index contributed by atoms with van der Waals surface area (Å²) in [5, 5.41) is 23.3. The lowest BCUT2D eigenvalue weighted by molar-refractivity contribution is 0.342. The number of rotatable bonds is 4. The molecule has 31 heavy (non-hydrogen) atoms. The monoisotopic (exact) mass is 449 g/mol. The molecule has 0 saturated carbocycles. The predicted molar refractivity (Wildman–Crippen MR) is 120 cm³/mol. The fraction of sp³-hybridized carbons (Fsp3) is 0.273. The van der Waals surface area contributed by atoms with Gasteiger partial charge in [0, 0.05) is 34.5 Å². The van der Waals surface area contributed by atoms with Gasteiger partial charge in [0.05, 0.1) is 29.5 Å². The van der Waals surface area contributed by atoms with Gasteiger partial charge >= 0.3 is 0 Å². The summed E-state index contributed by atoms with van der Waals surface area (Å²) in [6, 6.07) is 10.2. The Balaban J connectivity index is 1.60. The molecule has 1 unspecified atom stereocenters. The number of nitrogens with zero attached hydrogens (tertiary/aromatic N) is 6. The third-order valence-electron chi connectivity index (χ3n) is 5.57. The highest BCUT2D eigenvalue weighted by atomic mass is 35.5. The Bertz CT molecular complexity index is 1300. The largest absolute Gasteiger partial charge is 0.315 e. The number of nitrogens with one attached hydrogen (secondary N) is 1. The number of nitriles is 1. The minimum Gasteiger partial charge on any atom is -0.315 e. The van der Waals surface area contributed by atoms with E-state index in [0.717, 1.165) is 58.2 Å². The molecule has 5 rings (SSSR count). The van der Waals surface area contributed by atoms with Crippen molar-refractivity contribution < 1.29 is 0 Å². The van der Waals surface area contributed by atoms with Crippen LogP contribution in [0.25, 0.3) is 16.6 Å². The number of fused-ring (bicyclic) bond motifs is 1. The lowest BCUT2D eigenvalue weighted by Crippen LogP contribution is -2.32. The molecule has 1 N–H and O–H groups in total. The van der Waals surface area contributed by atoms with Gasteiger partial charge in [0.25, 0.3) is 0 Å². The molecule has 0 amide bonds. The summed E-state index contributed by atoms with van der Waals surface area (Å²) >= 11 is 7.55. The number of halogens is 1. The molecule has 0 radical (unpaired) electrons. The van der Waals surface area contributed by atoms with E-state index in [-0.39, 0.29) is 0 Å². The van der Waals surface area contributed by atoms with Crippen molar-refractivity contribution >= 4 is 28.9 Å². The van der Waals surface area contributed by atoms with Crippen molar-refractivity contribution in [3.05, 3.63) is 59.3 Å². The van der Waals surface area contributed by atoms with Crippen molar-refractivity contribution in [3.8, 4) is 17.2 Å². The quantitative estimate of drug-likeness (QED) is 0.462. The van der Waals surface area contributed by atoms with E-state index in [1.165, 1.54) is 11.8 Å². The second-order valence-corrected chi connectivity index (χ2v) is 8.99. The number of pyridine rings is 2. The SMILES string of the molecule is Cc1c(-c2cc(Sc3cccc(Cl)n3)c3c(C#N)cnn3c2)cnn1C1CCCNC1. The van der Waals surface area contributed by atoms with E-state index in [0.29, 0.717) is 16.8 Å². The van der Waals surface area contributed by atoms with E-state index >= 15 is 0 Å². The standard InChI is InChI=1S/C22H20ClN7S/c1-14-18(12-27-30(14)17-4-3-7-25-11-17)15-8-19(31-21-6-2-5-20(23)28-21)22-16(9-24)10-26-29(22)13-15/h2,5-6,8,10,12-13,17,25H,3-4,7,11H2,1H3. The smallest absolute Gasteiger partial charge is 0.130 e. The molecule has 1 aliphatic rings. The van der Waals surface area contributed by atoms with Crippen LogP contribution in [-0.2, 0) is 0 Å². The van der Waals surface area contributed by atoms with Crippen LogP contribution < -0.4 is 5.32 Å². The van der Waals surface area contributed by atoms with Crippen LogP contribution in [-0.4, -0.2) is 37.5 Å². The molecule has 156 valence electrons. The number of piperidine rings is 1. The first-order valence-electron chi connectivity index (χ1n) is 10.1. The number of hydrogen-bond acceptors (Lipinski definition) is 6. The van der Waals surface area contributed by atoms with Crippen LogP contribution in [0.2, 0.25) is 5.15 Å². The average Bonchev–Trinajstić information content (AvgIpc) is 3.37. The minimum atomic E-state index is 0.366. The van der Waals surface area contributed by atoms with Gasteiger partial charge in [-0.25, -0.2) is 9.50 Å². The van der Waals surface area contributed by atoms with Gasteiger partial charge in [-0.15, -0.1) is 0 Å². The van der Waals surface area contributed by atoms with Crippen molar-refractivity contribution in [1.82, 2.24) is 29.7 Å². The molecule has 0 aromatic carbocycles. The molecule has 4 aromatic heterocycles. The minimum absolute atomic E-state index is 0.366. The third-order valence-corrected chi connectivity index (χ3v) is 6.75. The van der Waals surface area contributed by atoms with Crippen LogP contribution in [0.3, 0.4) is 0 Å². The molecule has 1 atom stereocenters. The van der Waals surface area contributed by atoms with Crippen LogP contribution in [0, 0.1) is 18.3 Å². The highest BCUT2D eigenvalue weighted by Crippen LogP contribution is 2.36. The van der Waals surface area contributed by atoms with E-state index < -0.39 is 0 Å². The summed E-state index contributed by atoms with van der Waals surface area (Å²) in [5.74, 6) is 0. The van der Waals surface area contributed by atoms with Gasteiger partial charge < -0.3 is 5.32 Å². The van der Waals surface area contributed by atoms with Gasteiger partial charge in [0.2, 0.25) is 0 Å². The Hall–Kier alpha value is -2.86. The summed E-state index contributed by atoms with van der Waals surface area (Å²) in [4.78, 5) is 5.29. The molecule has 0 spiro atoms. The molecular weight excluding hydrogens is 430 g/mol. The maximum absolute atomic E-state index is 9.57. The summed E-state index contributed by atoms with van der Waals surface area (Å²) in [7, 11) is 0. The second kappa shape index (κ2) is 8.35. The zero-order chi connectivity index (χ0) is 21.4. The lowest BCUT2D eigenvalue weighted by Gasteiger charge is -2.24. The number of hydrogen-bond donors (Lipinski definition) is 1. The number of aromatic nitrogens is 5. The molecule has 1 fully saturated rings. The maximum Gasteiger partial charge on any atom is 0.130 e. The Morgan fingerprint density at radius 2 is 2.19 bits per heavy atom. The lowest BCUT2D eigenvalue weighted by atomic mass is 10.1. The maximum atomic E-state index is 9.57. The molecule has 5 heterocycles. The van der Waals surface area contributed by atoms with E-state index in [2.05, 4.69) is 39.1 Å². The summed E-state index contributed by atoms with van der Waals surface area (Å²) in [5.41, 5.74) is 4.47. The van der Waals surface area contributed by atoms with Crippen molar-refractivity contribution in [3.63, 3.8) is 0 Å². The first-order chi connectivity index (χ1) is 15.1. The van der Waals surface area contributed by atoms with Gasteiger partial charge in [0.15, 0.2) is 0 Å². The Morgan fingerprint density at radius 1 is 1.29 bits per heavy atom. The van der Waals surface area contributed by atoms with Gasteiger partial charge in [-0.05, 0) is 44.5 Å². The van der Waals surface area contributed by atoms with Gasteiger partial charge in [-0.1, -0.05) is 29.4 Å². The van der Waals surface area contributed by atoms with Crippen molar-refractivity contribution in [2.45, 2.75) is 35.7 Å². The van der Waals surface area contributed by atoms with Crippen LogP contribution in [0.15, 0.2) is 52.8 Å². The topological polar surface area (TPSA) is 83.8 Å². The summed E-state index contributed by atoms with van der Waals surface area (Å²) in [6.07, 6.45) is 7.76. The van der Waals surface area contributed by atoms with Crippen LogP contribution in [0.1, 0.15) is 30.1 Å². The van der Waals surface area contributed by atoms with E-state index in [1.54, 1.807) is 16.8 Å². The Labute approximate surface area is 189 Å². The third kappa shape index (κ3) is 3.81. The highest BCUT2D eigenvalue weighted by molar-refractivity contribution is 7.99. The fourth-order valence-electron chi connectivity index (χ4n) is 4.07. The molecule has 0 aliphatic carbocycles. The molecule has 1 aliphatic heterocycles. The average molecular weight is 450 g/mol. The van der Waals surface area contributed by atoms with Crippen LogP contribution in [0.5, 0.6) is 0 Å². The van der Waals surface area contributed by atoms with Crippen LogP contribution in [0.4, 0.5) is 0 Å². The molecule has 0 bridgehead atoms. The van der Waals surface area contributed by atoms with Crippen LogP contribution >= 0.6 is 23.4 Å². The molecular formula is C22H20ClN7S. The van der Waals surface area contributed by atoms with E-state index in [9.17, 15) is 5.26 Å². The zero-order valence-electron chi connectivity index (χ0n) is 16.9. The van der Waals surface area contributed by atoms with Crippen molar-refractivity contribution in [2.75, 3.05) is 13.1 Å². The zero-order valence-corrected chi connectivity index (χ0v) is 18.5. The molecule has 9 heteroatoms. The first kappa shape index (κ1) is 20.1.